The van der Waals surface area contributed by atoms with Crippen LogP contribution in [-0.2, 0) is 14.3 Å². The Morgan fingerprint density at radius 1 is 1.10 bits per heavy atom. The zero-order valence-electron chi connectivity index (χ0n) is 17.6. The van der Waals surface area contributed by atoms with E-state index in [4.69, 9.17) is 14.2 Å². The number of aromatic hydroxyl groups is 1. The number of nitrogens with zero attached hydrogens (tertiary/aromatic N) is 1. The maximum atomic E-state index is 12.9. The van der Waals surface area contributed by atoms with Gasteiger partial charge in [0.05, 0.1) is 31.9 Å². The number of hydrogen-bond donors (Lipinski definition) is 2. The van der Waals surface area contributed by atoms with Gasteiger partial charge < -0.3 is 29.3 Å². The number of likely N-dealkylation sites (tertiary alicyclic amines) is 1. The Morgan fingerprint density at radius 2 is 1.81 bits per heavy atom. The van der Waals surface area contributed by atoms with Gasteiger partial charge in [-0.3, -0.25) is 9.59 Å². The molecule has 0 bridgehead atoms. The van der Waals surface area contributed by atoms with Crippen molar-refractivity contribution in [2.24, 2.45) is 0 Å². The number of benzene rings is 2. The number of hydrogen-bond acceptors (Lipinski definition) is 7. The van der Waals surface area contributed by atoms with Gasteiger partial charge in [-0.15, -0.1) is 0 Å². The summed E-state index contributed by atoms with van der Waals surface area (Å²) in [4.78, 5) is 27.1. The van der Waals surface area contributed by atoms with Crippen molar-refractivity contribution in [1.29, 1.82) is 0 Å². The highest BCUT2D eigenvalue weighted by molar-refractivity contribution is 6.46. The predicted octanol–water partition coefficient (Wildman–Crippen LogP) is 2.87. The zero-order chi connectivity index (χ0) is 22.5. The summed E-state index contributed by atoms with van der Waals surface area (Å²) in [7, 11) is 3.02. The number of ether oxygens (including phenoxy) is 3. The van der Waals surface area contributed by atoms with Gasteiger partial charge in [0, 0.05) is 19.2 Å². The summed E-state index contributed by atoms with van der Waals surface area (Å²) in [5.41, 5.74) is 0.852. The number of phenolic OH excluding ortho intramolecular Hbond substituents is 1. The van der Waals surface area contributed by atoms with Crippen LogP contribution < -0.4 is 9.47 Å². The highest BCUT2D eigenvalue weighted by Crippen LogP contribution is 2.41. The number of methoxy groups -OCH3 is 2. The number of Topliss-reactive ketones (excluding diaryl/α,β-unsaturated/α-hetero) is 1. The minimum atomic E-state index is -0.864. The van der Waals surface area contributed by atoms with Crippen LogP contribution in [0.2, 0.25) is 0 Å². The van der Waals surface area contributed by atoms with Crippen LogP contribution in [0.25, 0.3) is 5.76 Å². The Morgan fingerprint density at radius 3 is 2.42 bits per heavy atom. The second-order valence-corrected chi connectivity index (χ2v) is 6.87. The van der Waals surface area contributed by atoms with E-state index < -0.39 is 17.7 Å². The third kappa shape index (κ3) is 4.34. The first-order chi connectivity index (χ1) is 14.9. The van der Waals surface area contributed by atoms with Crippen LogP contribution in [0.3, 0.4) is 0 Å². The maximum absolute atomic E-state index is 12.9. The van der Waals surface area contributed by atoms with Crippen LogP contribution in [0, 0.1) is 0 Å². The number of phenols is 1. The second-order valence-electron chi connectivity index (χ2n) is 6.87. The predicted molar refractivity (Wildman–Crippen MR) is 113 cm³/mol. The third-order valence-electron chi connectivity index (χ3n) is 5.04. The molecule has 0 radical (unpaired) electrons. The SMILES string of the molecule is CCOc1cc([C@H]2/C(=C(\O)c3ccc(OC)cc3)C(=O)C(=O)N2CCOC)ccc1O. The number of ketones is 1. The summed E-state index contributed by atoms with van der Waals surface area (Å²) < 4.78 is 15.7. The highest BCUT2D eigenvalue weighted by atomic mass is 16.5. The van der Waals surface area contributed by atoms with Crippen LogP contribution in [-0.4, -0.2) is 60.8 Å². The molecule has 1 fully saturated rings. The van der Waals surface area contributed by atoms with E-state index in [2.05, 4.69) is 0 Å². The largest absolute Gasteiger partial charge is 0.507 e. The zero-order valence-corrected chi connectivity index (χ0v) is 17.6. The highest BCUT2D eigenvalue weighted by Gasteiger charge is 2.46. The van der Waals surface area contributed by atoms with Gasteiger partial charge in [0.1, 0.15) is 11.5 Å². The molecule has 2 N–H and O–H groups in total. The van der Waals surface area contributed by atoms with Gasteiger partial charge >= 0.3 is 0 Å². The minimum Gasteiger partial charge on any atom is -0.507 e. The van der Waals surface area contributed by atoms with Crippen LogP contribution in [0.15, 0.2) is 48.0 Å². The normalized spacial score (nSPS) is 17.8. The molecule has 0 saturated carbocycles. The molecule has 0 aliphatic carbocycles. The molecule has 31 heavy (non-hydrogen) atoms. The van der Waals surface area contributed by atoms with Crippen molar-refractivity contribution in [3.63, 3.8) is 0 Å². The molecule has 2 aromatic rings. The lowest BCUT2D eigenvalue weighted by molar-refractivity contribution is -0.140. The first-order valence-corrected chi connectivity index (χ1v) is 9.80. The molecule has 8 heteroatoms. The maximum Gasteiger partial charge on any atom is 0.295 e. The van der Waals surface area contributed by atoms with Crippen molar-refractivity contribution in [2.75, 3.05) is 34.0 Å². The number of amides is 1. The van der Waals surface area contributed by atoms with Crippen molar-refractivity contribution in [3.8, 4) is 17.2 Å². The van der Waals surface area contributed by atoms with Gasteiger partial charge in [-0.1, -0.05) is 6.07 Å². The van der Waals surface area contributed by atoms with Gasteiger partial charge in [-0.25, -0.2) is 0 Å². The van der Waals surface area contributed by atoms with E-state index in [1.165, 1.54) is 25.2 Å². The molecular weight excluding hydrogens is 402 g/mol. The standard InChI is InChI=1S/C23H25NO7/c1-4-31-18-13-15(7-10-17(18)25)20-19(22(27)23(28)24(20)11-12-29-2)21(26)14-5-8-16(30-3)9-6-14/h5-10,13,20,25-26H,4,11-12H2,1-3H3/b21-19+/t20-/m0/s1. The smallest absolute Gasteiger partial charge is 0.295 e. The molecule has 1 aliphatic rings. The first-order valence-electron chi connectivity index (χ1n) is 9.80. The number of aliphatic hydroxyl groups is 1. The molecule has 1 heterocycles. The lowest BCUT2D eigenvalue weighted by atomic mass is 9.95. The lowest BCUT2D eigenvalue weighted by Crippen LogP contribution is -2.32. The van der Waals surface area contributed by atoms with Gasteiger partial charge in [0.15, 0.2) is 11.5 Å². The topological polar surface area (TPSA) is 106 Å². The van der Waals surface area contributed by atoms with Gasteiger partial charge in [0.25, 0.3) is 11.7 Å². The number of rotatable bonds is 8. The monoisotopic (exact) mass is 427 g/mol. The molecule has 0 unspecified atom stereocenters. The van der Waals surface area contributed by atoms with Crippen LogP contribution in [0.1, 0.15) is 24.1 Å². The molecule has 1 aliphatic heterocycles. The van der Waals surface area contributed by atoms with Gasteiger partial charge in [-0.05, 0) is 48.9 Å². The fraction of sp³-hybridized carbons (Fsp3) is 0.304. The Hall–Kier alpha value is -3.52. The van der Waals surface area contributed by atoms with Crippen LogP contribution in [0.5, 0.6) is 17.2 Å². The molecule has 164 valence electrons. The average Bonchev–Trinajstić information content (AvgIpc) is 3.03. The van der Waals surface area contributed by atoms with E-state index in [1.54, 1.807) is 43.3 Å². The quantitative estimate of drug-likeness (QED) is 0.379. The molecule has 0 spiro atoms. The molecule has 1 amide bonds. The molecule has 8 nitrogen and oxygen atoms in total. The lowest BCUT2D eigenvalue weighted by Gasteiger charge is -2.25. The number of aliphatic hydroxyl groups excluding tert-OH is 1. The molecular formula is C23H25NO7. The van der Waals surface area contributed by atoms with E-state index >= 15 is 0 Å². The van der Waals surface area contributed by atoms with Crippen molar-refractivity contribution in [1.82, 2.24) is 4.90 Å². The molecule has 1 saturated heterocycles. The summed E-state index contributed by atoms with van der Waals surface area (Å²) in [6.45, 7) is 2.46. The van der Waals surface area contributed by atoms with Crippen molar-refractivity contribution >= 4 is 17.4 Å². The molecule has 2 aromatic carbocycles. The Balaban J connectivity index is 2.16. The second kappa shape index (κ2) is 9.53. The van der Waals surface area contributed by atoms with E-state index in [9.17, 15) is 19.8 Å². The molecule has 0 aromatic heterocycles. The summed E-state index contributed by atoms with van der Waals surface area (Å²) in [5.74, 6) is -1.06. The molecule has 1 atom stereocenters. The third-order valence-corrected chi connectivity index (χ3v) is 5.04. The number of carbonyl (C=O) groups excluding carboxylic acids is 2. The fourth-order valence-corrected chi connectivity index (χ4v) is 3.52. The van der Waals surface area contributed by atoms with Crippen LogP contribution >= 0.6 is 0 Å². The van der Waals surface area contributed by atoms with E-state index in [0.29, 0.717) is 23.5 Å². The average molecular weight is 427 g/mol. The summed E-state index contributed by atoms with van der Waals surface area (Å²) in [6, 6.07) is 10.2. The summed E-state index contributed by atoms with van der Waals surface area (Å²) in [5, 5.41) is 21.1. The van der Waals surface area contributed by atoms with Gasteiger partial charge in [0.2, 0.25) is 0 Å². The summed E-state index contributed by atoms with van der Waals surface area (Å²) >= 11 is 0. The van der Waals surface area contributed by atoms with Crippen molar-refractivity contribution < 1.29 is 34.0 Å². The van der Waals surface area contributed by atoms with Gasteiger partial charge in [-0.2, -0.15) is 0 Å². The molecule has 3 rings (SSSR count). The van der Waals surface area contributed by atoms with E-state index in [1.807, 2.05) is 0 Å². The minimum absolute atomic E-state index is 0.0422. The number of carbonyl (C=O) groups is 2. The Bertz CT molecular complexity index is 997. The van der Waals surface area contributed by atoms with Crippen molar-refractivity contribution in [3.05, 3.63) is 59.2 Å². The van der Waals surface area contributed by atoms with E-state index in [-0.39, 0.29) is 36.0 Å². The van der Waals surface area contributed by atoms with Crippen LogP contribution in [0.4, 0.5) is 0 Å². The Kier molecular flexibility index (Phi) is 6.81. The summed E-state index contributed by atoms with van der Waals surface area (Å²) in [6.07, 6.45) is 0. The fourth-order valence-electron chi connectivity index (χ4n) is 3.52. The van der Waals surface area contributed by atoms with E-state index in [0.717, 1.165) is 0 Å². The first kappa shape index (κ1) is 22.2. The Labute approximate surface area is 180 Å². The van der Waals surface area contributed by atoms with Crippen molar-refractivity contribution in [2.45, 2.75) is 13.0 Å².